The second-order valence-corrected chi connectivity index (χ2v) is 7.39. The summed E-state index contributed by atoms with van der Waals surface area (Å²) in [5.41, 5.74) is 4.53. The van der Waals surface area contributed by atoms with Crippen LogP contribution >= 0.6 is 0 Å². The van der Waals surface area contributed by atoms with Gasteiger partial charge in [-0.05, 0) is 39.8 Å². The van der Waals surface area contributed by atoms with E-state index < -0.39 is 0 Å². The van der Waals surface area contributed by atoms with Crippen molar-refractivity contribution in [3.05, 3.63) is 108 Å². The van der Waals surface area contributed by atoms with Gasteiger partial charge in [0, 0.05) is 16.2 Å². The third-order valence-electron chi connectivity index (χ3n) is 5.66. The molecule has 0 unspecified atom stereocenters. The number of furan rings is 1. The summed E-state index contributed by atoms with van der Waals surface area (Å²) in [5, 5.41) is 7.36. The van der Waals surface area contributed by atoms with Crippen molar-refractivity contribution in [2.75, 3.05) is 0 Å². The molecule has 1 aromatic heterocycles. The molecule has 0 saturated heterocycles. The van der Waals surface area contributed by atoms with Crippen LogP contribution in [0.2, 0.25) is 0 Å². The van der Waals surface area contributed by atoms with E-state index in [4.69, 9.17) is 4.42 Å². The Morgan fingerprint density at radius 1 is 0.500 bits per heavy atom. The Kier molecular flexibility index (Phi) is 3.30. The molecule has 0 saturated carbocycles. The monoisotopic (exact) mass is 358 g/mol. The minimum atomic E-state index is 0.912. The average Bonchev–Trinajstić information content (AvgIpc) is 3.14. The molecule has 0 aliphatic rings. The first-order chi connectivity index (χ1) is 13.9. The predicted octanol–water partition coefficient (Wildman–Crippen LogP) is 7.48. The second-order valence-electron chi connectivity index (χ2n) is 7.39. The van der Waals surface area contributed by atoms with Gasteiger partial charge in [-0.2, -0.15) is 0 Å². The number of rotatable bonds is 2. The lowest BCUT2D eigenvalue weighted by atomic mass is 9.96. The molecule has 0 aliphatic heterocycles. The molecule has 0 fully saturated rings. The molecule has 5 aromatic carbocycles. The number of fused-ring (bicyclic) bond motifs is 8. The van der Waals surface area contributed by atoms with Crippen LogP contribution in [0.5, 0.6) is 0 Å². The van der Waals surface area contributed by atoms with Crippen LogP contribution < -0.4 is 0 Å². The van der Waals surface area contributed by atoms with Crippen molar-refractivity contribution >= 4 is 43.5 Å². The van der Waals surface area contributed by atoms with Crippen molar-refractivity contribution in [2.45, 2.75) is 6.42 Å². The highest BCUT2D eigenvalue weighted by Gasteiger charge is 2.15. The summed E-state index contributed by atoms with van der Waals surface area (Å²) >= 11 is 0. The van der Waals surface area contributed by atoms with Gasteiger partial charge in [0.1, 0.15) is 11.2 Å². The highest BCUT2D eigenvalue weighted by Crippen LogP contribution is 2.40. The number of hydrogen-bond donors (Lipinski definition) is 0. The van der Waals surface area contributed by atoms with E-state index in [1.807, 2.05) is 0 Å². The van der Waals surface area contributed by atoms with Crippen LogP contribution in [0.1, 0.15) is 11.1 Å². The standard InChI is InChI=1S/C27H18O/c1-2-8-18(9-3-1)16-19-14-15-24-25(17-19)28-27-23-13-7-5-11-21(23)20-10-4-6-12-22(20)26(24)27/h1-15,17H,16H2. The van der Waals surface area contributed by atoms with Crippen molar-refractivity contribution in [1.29, 1.82) is 0 Å². The fourth-order valence-electron chi connectivity index (χ4n) is 4.39. The van der Waals surface area contributed by atoms with Gasteiger partial charge in [0.25, 0.3) is 0 Å². The first-order valence-corrected chi connectivity index (χ1v) is 9.67. The summed E-state index contributed by atoms with van der Waals surface area (Å²) in [4.78, 5) is 0. The van der Waals surface area contributed by atoms with Crippen LogP contribution in [0.4, 0.5) is 0 Å². The Morgan fingerprint density at radius 3 is 1.93 bits per heavy atom. The van der Waals surface area contributed by atoms with E-state index in [2.05, 4.69) is 97.1 Å². The second kappa shape index (κ2) is 5.97. The normalized spacial score (nSPS) is 11.7. The summed E-state index contributed by atoms with van der Waals surface area (Å²) in [6, 6.07) is 34.4. The van der Waals surface area contributed by atoms with E-state index in [9.17, 15) is 0 Å². The van der Waals surface area contributed by atoms with Crippen LogP contribution in [0.25, 0.3) is 43.5 Å². The van der Waals surface area contributed by atoms with Crippen molar-refractivity contribution in [3.8, 4) is 0 Å². The number of hydrogen-bond acceptors (Lipinski definition) is 1. The largest absolute Gasteiger partial charge is 0.455 e. The lowest BCUT2D eigenvalue weighted by Gasteiger charge is -2.05. The SMILES string of the molecule is c1ccc(Cc2ccc3c(c2)oc2c4ccccc4c4ccccc4c32)cc1. The van der Waals surface area contributed by atoms with Gasteiger partial charge >= 0.3 is 0 Å². The molecule has 6 aromatic rings. The Labute approximate surface area is 162 Å². The zero-order valence-electron chi connectivity index (χ0n) is 15.4. The Morgan fingerprint density at radius 2 is 1.14 bits per heavy atom. The van der Waals surface area contributed by atoms with E-state index in [-0.39, 0.29) is 0 Å². The summed E-state index contributed by atoms with van der Waals surface area (Å²) in [5.74, 6) is 0. The first kappa shape index (κ1) is 15.5. The minimum absolute atomic E-state index is 0.912. The van der Waals surface area contributed by atoms with Crippen molar-refractivity contribution in [2.24, 2.45) is 0 Å². The van der Waals surface area contributed by atoms with Gasteiger partial charge in [0.05, 0.1) is 0 Å². The van der Waals surface area contributed by atoms with E-state index >= 15 is 0 Å². The molecule has 6 rings (SSSR count). The lowest BCUT2D eigenvalue weighted by molar-refractivity contribution is 0.672. The molecule has 0 atom stereocenters. The number of benzene rings is 5. The molecule has 0 radical (unpaired) electrons. The van der Waals surface area contributed by atoms with Crippen molar-refractivity contribution < 1.29 is 4.42 Å². The molecular formula is C27H18O. The van der Waals surface area contributed by atoms with E-state index in [1.165, 1.54) is 43.4 Å². The summed E-state index contributed by atoms with van der Waals surface area (Å²) in [6.45, 7) is 0. The first-order valence-electron chi connectivity index (χ1n) is 9.67. The summed E-state index contributed by atoms with van der Waals surface area (Å²) < 4.78 is 6.45. The third kappa shape index (κ3) is 2.26. The van der Waals surface area contributed by atoms with Crippen molar-refractivity contribution in [1.82, 2.24) is 0 Å². The van der Waals surface area contributed by atoms with Gasteiger partial charge in [-0.3, -0.25) is 0 Å². The minimum Gasteiger partial charge on any atom is -0.455 e. The highest BCUT2D eigenvalue weighted by molar-refractivity contribution is 6.30. The maximum absolute atomic E-state index is 6.45. The van der Waals surface area contributed by atoms with Gasteiger partial charge in [-0.25, -0.2) is 0 Å². The Bertz CT molecular complexity index is 1470. The topological polar surface area (TPSA) is 13.1 Å². The van der Waals surface area contributed by atoms with E-state index in [1.54, 1.807) is 0 Å². The summed E-state index contributed by atoms with van der Waals surface area (Å²) in [6.07, 6.45) is 0.912. The van der Waals surface area contributed by atoms with Crippen molar-refractivity contribution in [3.63, 3.8) is 0 Å². The van der Waals surface area contributed by atoms with Crippen LogP contribution in [-0.2, 0) is 6.42 Å². The zero-order valence-corrected chi connectivity index (χ0v) is 15.4. The summed E-state index contributed by atoms with van der Waals surface area (Å²) in [7, 11) is 0. The average molecular weight is 358 g/mol. The highest BCUT2D eigenvalue weighted by atomic mass is 16.3. The fourth-order valence-corrected chi connectivity index (χ4v) is 4.39. The molecule has 1 nitrogen and oxygen atoms in total. The predicted molar refractivity (Wildman–Crippen MR) is 118 cm³/mol. The maximum Gasteiger partial charge on any atom is 0.143 e. The lowest BCUT2D eigenvalue weighted by Crippen LogP contribution is -1.86. The van der Waals surface area contributed by atoms with Gasteiger partial charge in [-0.1, -0.05) is 91.0 Å². The van der Waals surface area contributed by atoms with Crippen LogP contribution in [0.15, 0.2) is 101 Å². The molecule has 1 heteroatoms. The smallest absolute Gasteiger partial charge is 0.143 e. The van der Waals surface area contributed by atoms with Gasteiger partial charge in [0.2, 0.25) is 0 Å². The Hall–Kier alpha value is -3.58. The molecule has 0 N–H and O–H groups in total. The van der Waals surface area contributed by atoms with Gasteiger partial charge < -0.3 is 4.42 Å². The molecule has 0 bridgehead atoms. The molecule has 1 heterocycles. The fraction of sp³-hybridized carbons (Fsp3) is 0.0370. The molecule has 0 aliphatic carbocycles. The molecule has 28 heavy (non-hydrogen) atoms. The Balaban J connectivity index is 1.67. The zero-order chi connectivity index (χ0) is 18.5. The van der Waals surface area contributed by atoms with E-state index in [0.717, 1.165) is 17.6 Å². The molecule has 0 spiro atoms. The van der Waals surface area contributed by atoms with Gasteiger partial charge in [0.15, 0.2) is 0 Å². The molecule has 0 amide bonds. The molecular weight excluding hydrogens is 340 g/mol. The van der Waals surface area contributed by atoms with Crippen LogP contribution in [0, 0.1) is 0 Å². The van der Waals surface area contributed by atoms with E-state index in [0.29, 0.717) is 0 Å². The van der Waals surface area contributed by atoms with Gasteiger partial charge in [-0.15, -0.1) is 0 Å². The third-order valence-corrected chi connectivity index (χ3v) is 5.66. The molecule has 132 valence electrons. The van der Waals surface area contributed by atoms with Crippen LogP contribution in [0.3, 0.4) is 0 Å². The maximum atomic E-state index is 6.45. The van der Waals surface area contributed by atoms with Crippen LogP contribution in [-0.4, -0.2) is 0 Å². The quantitative estimate of drug-likeness (QED) is 0.292.